The summed E-state index contributed by atoms with van der Waals surface area (Å²) in [5, 5.41) is 0. The predicted octanol–water partition coefficient (Wildman–Crippen LogP) is 3.59. The van der Waals surface area contributed by atoms with Crippen molar-refractivity contribution in [2.45, 2.75) is 46.5 Å². The number of rotatable bonds is 1. The Bertz CT molecular complexity index is 290. The number of carbonyl (C=O) groups excluding carboxylic acids is 1. The van der Waals surface area contributed by atoms with E-state index in [4.69, 9.17) is 0 Å². The van der Waals surface area contributed by atoms with Crippen LogP contribution in [0.25, 0.3) is 0 Å². The zero-order valence-electron chi connectivity index (χ0n) is 10.1. The van der Waals surface area contributed by atoms with Gasteiger partial charge in [0.15, 0.2) is 5.78 Å². The second kappa shape index (κ2) is 3.77. The summed E-state index contributed by atoms with van der Waals surface area (Å²) < 4.78 is 0. The molecule has 0 saturated heterocycles. The third-order valence-corrected chi connectivity index (χ3v) is 4.66. The maximum absolute atomic E-state index is 11.3. The van der Waals surface area contributed by atoms with Crippen LogP contribution >= 0.6 is 0 Å². The number of ketones is 1. The first kappa shape index (κ1) is 10.9. The average molecular weight is 206 g/mol. The van der Waals surface area contributed by atoms with E-state index in [1.807, 2.05) is 6.08 Å². The Hall–Kier alpha value is -0.590. The van der Waals surface area contributed by atoms with E-state index in [0.29, 0.717) is 17.1 Å². The largest absolute Gasteiger partial charge is 0.295 e. The highest BCUT2D eigenvalue weighted by Crippen LogP contribution is 2.52. The van der Waals surface area contributed by atoms with Crippen LogP contribution in [-0.4, -0.2) is 5.78 Å². The van der Waals surface area contributed by atoms with Crippen LogP contribution in [0, 0.1) is 23.2 Å². The summed E-state index contributed by atoms with van der Waals surface area (Å²) in [5.41, 5.74) is 0.364. The van der Waals surface area contributed by atoms with E-state index in [2.05, 4.69) is 26.8 Å². The molecule has 0 aliphatic heterocycles. The van der Waals surface area contributed by atoms with Crippen molar-refractivity contribution in [3.8, 4) is 0 Å². The molecule has 1 spiro atoms. The first-order chi connectivity index (χ1) is 7.03. The summed E-state index contributed by atoms with van der Waals surface area (Å²) in [6.45, 7) is 6.90. The molecule has 0 radical (unpaired) electrons. The molecular formula is C14H22O. The first-order valence-corrected chi connectivity index (χ1v) is 6.25. The maximum atomic E-state index is 11.3. The molecule has 1 saturated carbocycles. The highest BCUT2D eigenvalue weighted by Gasteiger charge is 2.43. The Morgan fingerprint density at radius 1 is 1.47 bits per heavy atom. The normalized spacial score (nSPS) is 40.7. The lowest BCUT2D eigenvalue weighted by Gasteiger charge is -2.35. The lowest BCUT2D eigenvalue weighted by atomic mass is 9.69. The van der Waals surface area contributed by atoms with E-state index < -0.39 is 0 Å². The van der Waals surface area contributed by atoms with E-state index in [9.17, 15) is 4.79 Å². The van der Waals surface area contributed by atoms with Gasteiger partial charge >= 0.3 is 0 Å². The molecule has 2 aliphatic rings. The molecule has 3 atom stereocenters. The fourth-order valence-electron chi connectivity index (χ4n) is 3.31. The minimum atomic E-state index is 0.320. The molecule has 0 N–H and O–H groups in total. The van der Waals surface area contributed by atoms with Gasteiger partial charge in [-0.05, 0) is 48.5 Å². The zero-order valence-corrected chi connectivity index (χ0v) is 10.1. The van der Waals surface area contributed by atoms with Gasteiger partial charge in [0.1, 0.15) is 0 Å². The molecule has 1 heteroatoms. The van der Waals surface area contributed by atoms with Gasteiger partial charge in [-0.2, -0.15) is 0 Å². The second-order valence-corrected chi connectivity index (χ2v) is 5.88. The van der Waals surface area contributed by atoms with Crippen molar-refractivity contribution >= 4 is 5.78 Å². The quantitative estimate of drug-likeness (QED) is 0.640. The van der Waals surface area contributed by atoms with Gasteiger partial charge in [0, 0.05) is 6.42 Å². The van der Waals surface area contributed by atoms with Crippen molar-refractivity contribution in [2.75, 3.05) is 0 Å². The van der Waals surface area contributed by atoms with Gasteiger partial charge in [-0.3, -0.25) is 4.79 Å². The van der Waals surface area contributed by atoms with Gasteiger partial charge in [-0.1, -0.05) is 26.8 Å². The molecule has 2 rings (SSSR count). The molecule has 0 amide bonds. The van der Waals surface area contributed by atoms with E-state index in [1.54, 1.807) is 0 Å². The van der Waals surface area contributed by atoms with Gasteiger partial charge in [-0.15, -0.1) is 0 Å². The Morgan fingerprint density at radius 2 is 2.20 bits per heavy atom. The number of carbonyl (C=O) groups is 1. The Kier molecular flexibility index (Phi) is 2.74. The average Bonchev–Trinajstić information content (AvgIpc) is 2.58. The topological polar surface area (TPSA) is 17.1 Å². The van der Waals surface area contributed by atoms with Crippen molar-refractivity contribution in [3.63, 3.8) is 0 Å². The minimum absolute atomic E-state index is 0.320. The molecular weight excluding hydrogens is 184 g/mol. The van der Waals surface area contributed by atoms with Crippen molar-refractivity contribution in [1.29, 1.82) is 0 Å². The zero-order chi connectivity index (χ0) is 11.1. The van der Waals surface area contributed by atoms with Crippen molar-refractivity contribution in [1.82, 2.24) is 0 Å². The molecule has 84 valence electrons. The molecule has 15 heavy (non-hydrogen) atoms. The Morgan fingerprint density at radius 3 is 2.73 bits per heavy atom. The molecule has 0 aromatic heterocycles. The van der Waals surface area contributed by atoms with E-state index in [0.717, 1.165) is 18.3 Å². The Balaban J connectivity index is 2.15. The fraction of sp³-hybridized carbons (Fsp3) is 0.786. The van der Waals surface area contributed by atoms with Crippen LogP contribution in [0.1, 0.15) is 46.5 Å². The van der Waals surface area contributed by atoms with Crippen molar-refractivity contribution in [3.05, 3.63) is 12.2 Å². The smallest absolute Gasteiger partial charge is 0.155 e. The van der Waals surface area contributed by atoms with Crippen LogP contribution in [0.3, 0.4) is 0 Å². The van der Waals surface area contributed by atoms with Crippen LogP contribution in [0.5, 0.6) is 0 Å². The number of hydrogen-bond acceptors (Lipinski definition) is 1. The van der Waals surface area contributed by atoms with Crippen LogP contribution in [-0.2, 0) is 4.79 Å². The fourth-order valence-corrected chi connectivity index (χ4v) is 3.31. The van der Waals surface area contributed by atoms with Gasteiger partial charge in [0.25, 0.3) is 0 Å². The lowest BCUT2D eigenvalue weighted by Crippen LogP contribution is -2.29. The molecule has 1 nitrogen and oxygen atoms in total. The minimum Gasteiger partial charge on any atom is -0.295 e. The summed E-state index contributed by atoms with van der Waals surface area (Å²) in [6.07, 6.45) is 8.77. The van der Waals surface area contributed by atoms with Gasteiger partial charge in [0.05, 0.1) is 0 Å². The third kappa shape index (κ3) is 1.89. The van der Waals surface area contributed by atoms with Gasteiger partial charge < -0.3 is 0 Å². The molecule has 2 aliphatic carbocycles. The summed E-state index contributed by atoms with van der Waals surface area (Å²) in [4.78, 5) is 11.3. The second-order valence-electron chi connectivity index (χ2n) is 5.88. The molecule has 0 heterocycles. The van der Waals surface area contributed by atoms with Crippen LogP contribution in [0.2, 0.25) is 0 Å². The highest BCUT2D eigenvalue weighted by atomic mass is 16.1. The highest BCUT2D eigenvalue weighted by molar-refractivity contribution is 5.90. The molecule has 1 fully saturated rings. The predicted molar refractivity (Wildman–Crippen MR) is 62.5 cm³/mol. The van der Waals surface area contributed by atoms with Crippen molar-refractivity contribution < 1.29 is 4.79 Å². The SMILES string of the molecule is CC(C)C1CCC2(C=CC(=O)CC2C)C1. The Labute approximate surface area is 92.9 Å². The first-order valence-electron chi connectivity index (χ1n) is 6.25. The van der Waals surface area contributed by atoms with Crippen LogP contribution in [0.15, 0.2) is 12.2 Å². The van der Waals surface area contributed by atoms with Crippen LogP contribution in [0.4, 0.5) is 0 Å². The monoisotopic (exact) mass is 206 g/mol. The third-order valence-electron chi connectivity index (χ3n) is 4.66. The lowest BCUT2D eigenvalue weighted by molar-refractivity contribution is -0.116. The standard InChI is InChI=1S/C14H22O/c1-10(2)12-4-6-14(9-12)7-5-13(15)8-11(14)3/h5,7,10-12H,4,6,8-9H2,1-3H3. The van der Waals surface area contributed by atoms with E-state index in [1.165, 1.54) is 19.3 Å². The summed E-state index contributed by atoms with van der Waals surface area (Å²) >= 11 is 0. The summed E-state index contributed by atoms with van der Waals surface area (Å²) in [6, 6.07) is 0. The molecule has 0 aromatic carbocycles. The molecule has 0 bridgehead atoms. The summed E-state index contributed by atoms with van der Waals surface area (Å²) in [5.74, 6) is 2.53. The summed E-state index contributed by atoms with van der Waals surface area (Å²) in [7, 11) is 0. The molecule has 3 unspecified atom stereocenters. The van der Waals surface area contributed by atoms with E-state index in [-0.39, 0.29) is 0 Å². The number of allylic oxidation sites excluding steroid dienone is 2. The maximum Gasteiger partial charge on any atom is 0.155 e. The number of hydrogen-bond donors (Lipinski definition) is 0. The van der Waals surface area contributed by atoms with Crippen molar-refractivity contribution in [2.24, 2.45) is 23.2 Å². The van der Waals surface area contributed by atoms with Gasteiger partial charge in [0.2, 0.25) is 0 Å². The van der Waals surface area contributed by atoms with Gasteiger partial charge in [-0.25, -0.2) is 0 Å². The molecule has 0 aromatic rings. The van der Waals surface area contributed by atoms with E-state index >= 15 is 0 Å². The van der Waals surface area contributed by atoms with Crippen LogP contribution < -0.4 is 0 Å².